The van der Waals surface area contributed by atoms with Crippen LogP contribution in [0.15, 0.2) is 54.6 Å². The zero-order valence-corrected chi connectivity index (χ0v) is 22.5. The summed E-state index contributed by atoms with van der Waals surface area (Å²) in [6, 6.07) is 16.5. The third-order valence-electron chi connectivity index (χ3n) is 7.81. The Balaban J connectivity index is 2.66. The normalized spacial score (nSPS) is 22.6. The third kappa shape index (κ3) is 3.12. The molecule has 1 nitrogen and oxygen atoms in total. The molecule has 0 bridgehead atoms. The van der Waals surface area contributed by atoms with Crippen molar-refractivity contribution in [2.75, 3.05) is 0 Å². The summed E-state index contributed by atoms with van der Waals surface area (Å²) < 4.78 is 54.4. The summed E-state index contributed by atoms with van der Waals surface area (Å²) in [6.45, 7) is 16.1. The molecule has 0 amide bonds. The number of benzene rings is 2. The van der Waals surface area contributed by atoms with Gasteiger partial charge in [-0.25, -0.2) is 0 Å². The Morgan fingerprint density at radius 1 is 0.656 bits per heavy atom. The van der Waals surface area contributed by atoms with Crippen LogP contribution in [0.2, 0.25) is 22.2 Å². The van der Waals surface area contributed by atoms with Crippen LogP contribution in [0.4, 0.5) is 13.2 Å². The average Bonchev–Trinajstić information content (AvgIpc) is 2.71. The molecule has 2 aromatic rings. The van der Waals surface area contributed by atoms with Crippen LogP contribution >= 0.6 is 0 Å². The molecule has 2 aromatic carbocycles. The minimum atomic E-state index is -4.54. The van der Waals surface area contributed by atoms with Gasteiger partial charge in [-0.3, -0.25) is 0 Å². The molecule has 1 aliphatic heterocycles. The highest BCUT2D eigenvalue weighted by Crippen LogP contribution is 2.60. The highest BCUT2D eigenvalue weighted by Gasteiger charge is 2.77. The fourth-order valence-corrected chi connectivity index (χ4v) is 20.6. The lowest BCUT2D eigenvalue weighted by Gasteiger charge is -2.63. The van der Waals surface area contributed by atoms with E-state index in [-0.39, 0.29) is 27.7 Å². The summed E-state index contributed by atoms with van der Waals surface area (Å²) in [7, 11) is -6.46. The second-order valence-electron chi connectivity index (χ2n) is 10.5. The van der Waals surface area contributed by atoms with Gasteiger partial charge in [0.25, 0.3) is 0 Å². The third-order valence-corrected chi connectivity index (χ3v) is 20.4. The molecule has 0 aliphatic carbocycles. The van der Waals surface area contributed by atoms with Crippen LogP contribution in [-0.2, 0) is 9.65 Å². The molecule has 3 rings (SSSR count). The molecule has 176 valence electrons. The number of alkyl halides is 3. The molecule has 1 atom stereocenters. The fraction of sp³-hybridized carbons (Fsp3) is 0.538. The Bertz CT molecular complexity index is 922. The standard InChI is InChI=1S/C26H37F3OSi2/c1-18(2)31(19(3)4)23-16-12-13-17-24(23)32(20(5)6,21(7)8)30-25(31,26(27,28)29)22-14-10-9-11-15-22/h9-21H,1-8H3. The summed E-state index contributed by atoms with van der Waals surface area (Å²) in [5, 5.41) is -0.236. The summed E-state index contributed by atoms with van der Waals surface area (Å²) in [5.74, 6) is 0. The summed E-state index contributed by atoms with van der Waals surface area (Å²) in [4.78, 5) is 0. The predicted octanol–water partition coefficient (Wildman–Crippen LogP) is 7.16. The van der Waals surface area contributed by atoms with Crippen LogP contribution in [0.3, 0.4) is 0 Å². The van der Waals surface area contributed by atoms with Gasteiger partial charge in [0.2, 0.25) is 8.32 Å². The second-order valence-corrected chi connectivity index (χ2v) is 20.4. The van der Waals surface area contributed by atoms with Crippen molar-refractivity contribution in [3.8, 4) is 0 Å². The lowest BCUT2D eigenvalue weighted by Crippen LogP contribution is -2.85. The minimum Gasteiger partial charge on any atom is -0.397 e. The topological polar surface area (TPSA) is 9.23 Å². The zero-order valence-electron chi connectivity index (χ0n) is 20.5. The largest absolute Gasteiger partial charge is 0.417 e. The van der Waals surface area contributed by atoms with Crippen molar-refractivity contribution in [3.63, 3.8) is 0 Å². The second kappa shape index (κ2) is 8.44. The van der Waals surface area contributed by atoms with E-state index >= 15 is 13.2 Å². The monoisotopic (exact) mass is 478 g/mol. The molecule has 1 unspecified atom stereocenters. The van der Waals surface area contributed by atoms with E-state index in [1.54, 1.807) is 30.3 Å². The van der Waals surface area contributed by atoms with Crippen LogP contribution in [0.25, 0.3) is 0 Å². The minimum absolute atomic E-state index is 0.000381. The van der Waals surface area contributed by atoms with Gasteiger partial charge in [0.15, 0.2) is 5.22 Å². The number of halogens is 3. The van der Waals surface area contributed by atoms with Gasteiger partial charge in [0.1, 0.15) is 8.07 Å². The summed E-state index contributed by atoms with van der Waals surface area (Å²) in [5.41, 5.74) is -0.0660. The lowest BCUT2D eigenvalue weighted by atomic mass is 10.1. The van der Waals surface area contributed by atoms with Gasteiger partial charge in [-0.05, 0) is 32.9 Å². The van der Waals surface area contributed by atoms with Crippen molar-refractivity contribution in [1.29, 1.82) is 0 Å². The molecule has 0 N–H and O–H groups in total. The molecule has 0 aromatic heterocycles. The maximum Gasteiger partial charge on any atom is 0.417 e. The van der Waals surface area contributed by atoms with E-state index in [4.69, 9.17) is 4.43 Å². The van der Waals surface area contributed by atoms with Gasteiger partial charge in [-0.1, -0.05) is 115 Å². The predicted molar refractivity (Wildman–Crippen MR) is 133 cm³/mol. The molecule has 0 saturated carbocycles. The SMILES string of the molecule is CC(C)[Si]1(C(C)C)OC(c2ccccc2)(C(F)(F)F)[Si](C(C)C)(C(C)C)c2ccccc21. The van der Waals surface area contributed by atoms with Crippen molar-refractivity contribution in [1.82, 2.24) is 0 Å². The van der Waals surface area contributed by atoms with Crippen LogP contribution in [0.1, 0.15) is 61.0 Å². The molecule has 1 heterocycles. The van der Waals surface area contributed by atoms with E-state index in [0.29, 0.717) is 0 Å². The van der Waals surface area contributed by atoms with Crippen molar-refractivity contribution in [2.24, 2.45) is 0 Å². The highest BCUT2D eigenvalue weighted by molar-refractivity contribution is 7.05. The van der Waals surface area contributed by atoms with Gasteiger partial charge in [-0.15, -0.1) is 0 Å². The Morgan fingerprint density at radius 2 is 1.09 bits per heavy atom. The average molecular weight is 479 g/mol. The first-order valence-electron chi connectivity index (χ1n) is 11.7. The van der Waals surface area contributed by atoms with Crippen molar-refractivity contribution < 1.29 is 17.6 Å². The zero-order chi connectivity index (χ0) is 24.1. The molecule has 0 saturated heterocycles. The van der Waals surface area contributed by atoms with Crippen LogP contribution in [0, 0.1) is 0 Å². The Labute approximate surface area is 193 Å². The molecule has 6 heteroatoms. The first kappa shape index (κ1) is 25.3. The highest BCUT2D eigenvalue weighted by atomic mass is 28.4. The smallest absolute Gasteiger partial charge is 0.397 e. The van der Waals surface area contributed by atoms with Crippen molar-refractivity contribution >= 4 is 26.8 Å². The summed E-state index contributed by atoms with van der Waals surface area (Å²) in [6.07, 6.45) is -4.54. The fourth-order valence-electron chi connectivity index (χ4n) is 6.82. The van der Waals surface area contributed by atoms with E-state index in [0.717, 1.165) is 10.4 Å². The van der Waals surface area contributed by atoms with Crippen molar-refractivity contribution in [3.05, 3.63) is 60.2 Å². The van der Waals surface area contributed by atoms with Gasteiger partial charge in [0.05, 0.1) is 0 Å². The van der Waals surface area contributed by atoms with Crippen LogP contribution < -0.4 is 10.4 Å². The van der Waals surface area contributed by atoms with Gasteiger partial charge in [-0.2, -0.15) is 13.2 Å². The van der Waals surface area contributed by atoms with Gasteiger partial charge >= 0.3 is 6.18 Å². The molecular formula is C26H37F3OSi2. The van der Waals surface area contributed by atoms with Crippen molar-refractivity contribution in [2.45, 2.75) is 89.0 Å². The number of hydrogen-bond acceptors (Lipinski definition) is 1. The summed E-state index contributed by atoms with van der Waals surface area (Å²) >= 11 is 0. The van der Waals surface area contributed by atoms with E-state index in [2.05, 4.69) is 33.8 Å². The maximum atomic E-state index is 15.8. The Morgan fingerprint density at radius 3 is 1.50 bits per heavy atom. The van der Waals surface area contributed by atoms with Crippen LogP contribution in [0.5, 0.6) is 0 Å². The first-order chi connectivity index (χ1) is 14.8. The number of hydrogen-bond donors (Lipinski definition) is 0. The quantitative estimate of drug-likeness (QED) is 0.414. The van der Waals surface area contributed by atoms with Gasteiger partial charge < -0.3 is 4.43 Å². The molecule has 0 spiro atoms. The first-order valence-corrected chi connectivity index (χ1v) is 16.0. The van der Waals surface area contributed by atoms with Gasteiger partial charge in [0, 0.05) is 0 Å². The Kier molecular flexibility index (Phi) is 6.66. The van der Waals surface area contributed by atoms with E-state index in [9.17, 15) is 0 Å². The molecule has 0 radical (unpaired) electrons. The van der Waals surface area contributed by atoms with E-state index in [1.807, 2.05) is 45.9 Å². The maximum absolute atomic E-state index is 15.8. The molecule has 1 aliphatic rings. The lowest BCUT2D eigenvalue weighted by molar-refractivity contribution is -0.228. The number of rotatable bonds is 5. The number of fused-ring (bicyclic) bond motifs is 1. The molecular weight excluding hydrogens is 441 g/mol. The molecule has 32 heavy (non-hydrogen) atoms. The van der Waals surface area contributed by atoms with E-state index < -0.39 is 27.8 Å². The molecule has 0 fully saturated rings. The Hall–Kier alpha value is -1.38. The van der Waals surface area contributed by atoms with Crippen LogP contribution in [-0.4, -0.2) is 22.6 Å². The van der Waals surface area contributed by atoms with E-state index in [1.165, 1.54) is 0 Å².